The van der Waals surface area contributed by atoms with E-state index in [4.69, 9.17) is 4.42 Å². The highest BCUT2D eigenvalue weighted by Crippen LogP contribution is 2.24. The zero-order valence-electron chi connectivity index (χ0n) is 14.2. The summed E-state index contributed by atoms with van der Waals surface area (Å²) in [5, 5.41) is 2.88. The molecule has 0 aliphatic rings. The lowest BCUT2D eigenvalue weighted by Crippen LogP contribution is -2.17. The minimum absolute atomic E-state index is 0.242. The Labute approximate surface area is 149 Å². The van der Waals surface area contributed by atoms with Crippen LogP contribution in [0.5, 0.6) is 0 Å². The zero-order valence-corrected chi connectivity index (χ0v) is 14.2. The van der Waals surface area contributed by atoms with Crippen LogP contribution < -0.4 is 5.32 Å². The number of nitrogens with zero attached hydrogens (tertiary/aromatic N) is 1. The van der Waals surface area contributed by atoms with Crippen molar-refractivity contribution < 1.29 is 13.6 Å². The van der Waals surface area contributed by atoms with Crippen molar-refractivity contribution in [1.82, 2.24) is 4.57 Å². The summed E-state index contributed by atoms with van der Waals surface area (Å²) in [7, 11) is 0. The molecule has 0 aliphatic heterocycles. The van der Waals surface area contributed by atoms with E-state index < -0.39 is 0 Å². The second-order valence-corrected chi connectivity index (χ2v) is 6.20. The van der Waals surface area contributed by atoms with Crippen LogP contribution in [-0.2, 0) is 6.54 Å². The predicted octanol–water partition coefficient (Wildman–Crippen LogP) is 4.98. The maximum Gasteiger partial charge on any atom is 0.272 e. The standard InChI is InChI=1S/C21H17FN2O2/c1-14-6-8-16(9-7-14)23-21(25)19-12-20-18(10-11-26-20)24(19)13-15-4-2-3-5-17(15)22/h2-12H,13H2,1H3,(H,23,25). The van der Waals surface area contributed by atoms with Crippen molar-refractivity contribution >= 4 is 22.7 Å². The van der Waals surface area contributed by atoms with Crippen LogP contribution in [0.1, 0.15) is 21.6 Å². The second kappa shape index (κ2) is 6.52. The van der Waals surface area contributed by atoms with Crippen LogP contribution in [0.3, 0.4) is 0 Å². The Morgan fingerprint density at radius 1 is 1.12 bits per heavy atom. The molecular formula is C21H17FN2O2. The SMILES string of the molecule is Cc1ccc(NC(=O)c2cc3occc3n2Cc2ccccc2F)cc1. The van der Waals surface area contributed by atoms with E-state index in [0.717, 1.165) is 11.1 Å². The molecule has 4 aromatic rings. The number of rotatable bonds is 4. The summed E-state index contributed by atoms with van der Waals surface area (Å²) in [4.78, 5) is 12.8. The Bertz CT molecular complexity index is 1080. The number of carbonyl (C=O) groups is 1. The van der Waals surface area contributed by atoms with Crippen molar-refractivity contribution in [3.8, 4) is 0 Å². The van der Waals surface area contributed by atoms with Gasteiger partial charge in [-0.05, 0) is 25.1 Å². The van der Waals surface area contributed by atoms with Crippen LogP contribution in [0.25, 0.3) is 11.1 Å². The fourth-order valence-electron chi connectivity index (χ4n) is 2.96. The molecule has 0 bridgehead atoms. The van der Waals surface area contributed by atoms with Crippen LogP contribution in [0.4, 0.5) is 10.1 Å². The second-order valence-electron chi connectivity index (χ2n) is 6.20. The lowest BCUT2D eigenvalue weighted by molar-refractivity contribution is 0.101. The lowest BCUT2D eigenvalue weighted by atomic mass is 10.2. The van der Waals surface area contributed by atoms with Crippen molar-refractivity contribution in [3.63, 3.8) is 0 Å². The number of fused-ring (bicyclic) bond motifs is 1. The van der Waals surface area contributed by atoms with E-state index in [0.29, 0.717) is 22.5 Å². The molecule has 1 N–H and O–H groups in total. The van der Waals surface area contributed by atoms with Crippen molar-refractivity contribution in [1.29, 1.82) is 0 Å². The van der Waals surface area contributed by atoms with Gasteiger partial charge in [0.05, 0.1) is 18.3 Å². The molecule has 1 amide bonds. The number of hydrogen-bond donors (Lipinski definition) is 1. The summed E-state index contributed by atoms with van der Waals surface area (Å²) in [6, 6.07) is 17.6. The minimum atomic E-state index is -0.303. The molecule has 0 atom stereocenters. The predicted molar refractivity (Wildman–Crippen MR) is 98.8 cm³/mol. The van der Waals surface area contributed by atoms with E-state index in [1.165, 1.54) is 6.07 Å². The highest BCUT2D eigenvalue weighted by molar-refractivity contribution is 6.05. The number of nitrogens with one attached hydrogen (secondary N) is 1. The van der Waals surface area contributed by atoms with Gasteiger partial charge in [0.25, 0.3) is 5.91 Å². The lowest BCUT2D eigenvalue weighted by Gasteiger charge is -2.11. The molecule has 0 saturated carbocycles. The maximum atomic E-state index is 14.1. The van der Waals surface area contributed by atoms with Crippen LogP contribution >= 0.6 is 0 Å². The van der Waals surface area contributed by atoms with Crippen LogP contribution in [-0.4, -0.2) is 10.5 Å². The van der Waals surface area contributed by atoms with E-state index in [1.807, 2.05) is 31.2 Å². The first-order chi connectivity index (χ1) is 12.6. The summed E-state index contributed by atoms with van der Waals surface area (Å²) < 4.78 is 21.3. The Morgan fingerprint density at radius 2 is 1.88 bits per heavy atom. The number of furan rings is 1. The number of hydrogen-bond acceptors (Lipinski definition) is 2. The van der Waals surface area contributed by atoms with E-state index in [1.54, 1.807) is 41.2 Å². The molecule has 0 unspecified atom stereocenters. The Balaban J connectivity index is 1.70. The fraction of sp³-hybridized carbons (Fsp3) is 0.0952. The van der Waals surface area contributed by atoms with Gasteiger partial charge in [0.1, 0.15) is 11.5 Å². The van der Waals surface area contributed by atoms with Gasteiger partial charge in [-0.15, -0.1) is 0 Å². The first-order valence-electron chi connectivity index (χ1n) is 8.30. The third kappa shape index (κ3) is 2.99. The molecule has 2 aromatic carbocycles. The van der Waals surface area contributed by atoms with Crippen LogP contribution in [0.2, 0.25) is 0 Å². The Morgan fingerprint density at radius 3 is 2.65 bits per heavy atom. The molecule has 0 fully saturated rings. The average molecular weight is 348 g/mol. The number of aryl methyl sites for hydroxylation is 1. The molecule has 130 valence electrons. The topological polar surface area (TPSA) is 47.2 Å². The number of benzene rings is 2. The van der Waals surface area contributed by atoms with E-state index in [-0.39, 0.29) is 18.3 Å². The zero-order chi connectivity index (χ0) is 18.1. The van der Waals surface area contributed by atoms with Crippen molar-refractivity contribution in [3.05, 3.63) is 89.6 Å². The highest BCUT2D eigenvalue weighted by Gasteiger charge is 2.18. The summed E-state index contributed by atoms with van der Waals surface area (Å²) >= 11 is 0. The minimum Gasteiger partial charge on any atom is -0.463 e. The Hall–Kier alpha value is -3.34. The van der Waals surface area contributed by atoms with Gasteiger partial charge in [0, 0.05) is 23.4 Å². The van der Waals surface area contributed by atoms with Gasteiger partial charge in [0.15, 0.2) is 5.58 Å². The van der Waals surface area contributed by atoms with Gasteiger partial charge in [-0.1, -0.05) is 35.9 Å². The molecule has 4 nitrogen and oxygen atoms in total. The quantitative estimate of drug-likeness (QED) is 0.565. The molecule has 2 heterocycles. The molecule has 0 radical (unpaired) electrons. The molecule has 0 spiro atoms. The summed E-state index contributed by atoms with van der Waals surface area (Å²) in [5.41, 5.74) is 4.09. The van der Waals surface area contributed by atoms with Gasteiger partial charge in [-0.3, -0.25) is 4.79 Å². The number of aromatic nitrogens is 1. The Kier molecular flexibility index (Phi) is 4.05. The first-order valence-corrected chi connectivity index (χ1v) is 8.30. The summed E-state index contributed by atoms with van der Waals surface area (Å²) in [6.45, 7) is 2.23. The molecule has 2 aromatic heterocycles. The number of carbonyl (C=O) groups excluding carboxylic acids is 1. The van der Waals surface area contributed by atoms with Gasteiger partial charge >= 0.3 is 0 Å². The summed E-state index contributed by atoms with van der Waals surface area (Å²) in [6.07, 6.45) is 1.56. The molecule has 0 aliphatic carbocycles. The normalized spacial score (nSPS) is 11.0. The summed E-state index contributed by atoms with van der Waals surface area (Å²) in [5.74, 6) is -0.570. The van der Waals surface area contributed by atoms with E-state index in [9.17, 15) is 9.18 Å². The maximum absolute atomic E-state index is 14.1. The van der Waals surface area contributed by atoms with E-state index >= 15 is 0 Å². The van der Waals surface area contributed by atoms with Gasteiger partial charge in [0.2, 0.25) is 0 Å². The first kappa shape index (κ1) is 16.1. The van der Waals surface area contributed by atoms with Gasteiger partial charge in [-0.25, -0.2) is 4.39 Å². The number of halogens is 1. The molecular weight excluding hydrogens is 331 g/mol. The van der Waals surface area contributed by atoms with Crippen LogP contribution in [0.15, 0.2) is 71.3 Å². The third-order valence-corrected chi connectivity index (χ3v) is 4.35. The molecule has 4 rings (SSSR count). The molecule has 5 heteroatoms. The van der Waals surface area contributed by atoms with Crippen molar-refractivity contribution in [2.45, 2.75) is 13.5 Å². The number of amides is 1. The third-order valence-electron chi connectivity index (χ3n) is 4.35. The highest BCUT2D eigenvalue weighted by atomic mass is 19.1. The molecule has 26 heavy (non-hydrogen) atoms. The smallest absolute Gasteiger partial charge is 0.272 e. The monoisotopic (exact) mass is 348 g/mol. The largest absolute Gasteiger partial charge is 0.463 e. The fourth-order valence-corrected chi connectivity index (χ4v) is 2.96. The van der Waals surface area contributed by atoms with Crippen molar-refractivity contribution in [2.75, 3.05) is 5.32 Å². The van der Waals surface area contributed by atoms with Crippen LogP contribution in [0, 0.1) is 12.7 Å². The average Bonchev–Trinajstić information content (AvgIpc) is 3.21. The molecule has 0 saturated heterocycles. The van der Waals surface area contributed by atoms with Crippen molar-refractivity contribution in [2.24, 2.45) is 0 Å². The van der Waals surface area contributed by atoms with Gasteiger partial charge in [-0.2, -0.15) is 0 Å². The number of anilines is 1. The van der Waals surface area contributed by atoms with Gasteiger partial charge < -0.3 is 14.3 Å². The van der Waals surface area contributed by atoms with E-state index in [2.05, 4.69) is 5.32 Å².